The number of aromatic nitrogens is 1. The van der Waals surface area contributed by atoms with E-state index in [9.17, 15) is 0 Å². The predicted octanol–water partition coefficient (Wildman–Crippen LogP) is 9.52. The van der Waals surface area contributed by atoms with E-state index >= 15 is 0 Å². The average Bonchev–Trinajstić information content (AvgIpc) is 3.24. The van der Waals surface area contributed by atoms with Crippen LogP contribution in [0.4, 0.5) is 0 Å². The molecule has 1 nitrogen and oxygen atoms in total. The van der Waals surface area contributed by atoms with Crippen LogP contribution >= 0.6 is 15.9 Å². The lowest BCUT2D eigenvalue weighted by atomic mass is 9.92. The first-order valence-corrected chi connectivity index (χ1v) is 12.3. The van der Waals surface area contributed by atoms with E-state index in [0.29, 0.717) is 0 Å². The molecular weight excluding hydrogens is 478 g/mol. The fourth-order valence-corrected chi connectivity index (χ4v) is 6.06. The number of benzene rings is 6. The Hall–Kier alpha value is -3.88. The van der Waals surface area contributed by atoms with Gasteiger partial charge in [0.1, 0.15) is 0 Å². The maximum Gasteiger partial charge on any atom is 0.0541 e. The third kappa shape index (κ3) is 2.79. The summed E-state index contributed by atoms with van der Waals surface area (Å²) >= 11 is 3.87. The molecule has 0 aliphatic carbocycles. The number of halogens is 1. The van der Waals surface area contributed by atoms with E-state index in [2.05, 4.69) is 142 Å². The Bertz CT molecular complexity index is 1750. The minimum Gasteiger partial charge on any atom is -0.309 e. The lowest BCUT2D eigenvalue weighted by Gasteiger charge is -2.15. The minimum atomic E-state index is 1.16. The molecule has 0 saturated carbocycles. The van der Waals surface area contributed by atoms with Crippen LogP contribution in [0.25, 0.3) is 60.2 Å². The molecule has 0 saturated heterocycles. The van der Waals surface area contributed by atoms with Gasteiger partial charge >= 0.3 is 0 Å². The second-order valence-electron chi connectivity index (χ2n) is 8.70. The molecular formula is C32H20BrN. The number of fused-ring (bicyclic) bond motifs is 5. The maximum absolute atomic E-state index is 3.87. The van der Waals surface area contributed by atoms with Crippen molar-refractivity contribution in [1.82, 2.24) is 4.57 Å². The normalized spacial score (nSPS) is 11.7. The van der Waals surface area contributed by atoms with Crippen molar-refractivity contribution in [2.45, 2.75) is 0 Å². The highest BCUT2D eigenvalue weighted by Crippen LogP contribution is 2.42. The van der Waals surface area contributed by atoms with E-state index in [-0.39, 0.29) is 0 Å². The summed E-state index contributed by atoms with van der Waals surface area (Å²) in [6.07, 6.45) is 0. The molecule has 1 heterocycles. The highest BCUT2D eigenvalue weighted by Gasteiger charge is 2.15. The lowest BCUT2D eigenvalue weighted by Crippen LogP contribution is -1.94. The van der Waals surface area contributed by atoms with E-state index in [1.54, 1.807) is 0 Å². The van der Waals surface area contributed by atoms with Gasteiger partial charge in [-0.3, -0.25) is 0 Å². The average molecular weight is 498 g/mol. The topological polar surface area (TPSA) is 4.93 Å². The highest BCUT2D eigenvalue weighted by atomic mass is 79.9. The number of hydrogen-bond acceptors (Lipinski definition) is 0. The number of para-hydroxylation sites is 2. The van der Waals surface area contributed by atoms with Crippen molar-refractivity contribution in [2.24, 2.45) is 0 Å². The van der Waals surface area contributed by atoms with Crippen LogP contribution in [0.5, 0.6) is 0 Å². The van der Waals surface area contributed by atoms with Crippen LogP contribution < -0.4 is 0 Å². The quantitative estimate of drug-likeness (QED) is 0.209. The summed E-state index contributed by atoms with van der Waals surface area (Å²) in [6, 6.07) is 43.6. The van der Waals surface area contributed by atoms with E-state index < -0.39 is 0 Å². The Balaban J connectivity index is 1.49. The van der Waals surface area contributed by atoms with Crippen molar-refractivity contribution in [3.63, 3.8) is 0 Å². The molecule has 7 rings (SSSR count). The smallest absolute Gasteiger partial charge is 0.0541 e. The molecule has 1 aromatic heterocycles. The Morgan fingerprint density at radius 2 is 0.824 bits per heavy atom. The van der Waals surface area contributed by atoms with Gasteiger partial charge in [0.2, 0.25) is 0 Å². The zero-order valence-corrected chi connectivity index (χ0v) is 20.0. The van der Waals surface area contributed by atoms with E-state index in [1.165, 1.54) is 60.2 Å². The van der Waals surface area contributed by atoms with E-state index in [0.717, 1.165) is 4.47 Å². The first-order chi connectivity index (χ1) is 16.8. The standard InChI is InChI=1S/C32H20BrN/c33-32-27-13-3-1-11-25(27)31(26-12-2-4-14-28(26)32)21-17-19-22(20-18-21)34-29-15-7-5-9-23(29)24-10-6-8-16-30(24)34/h1-20H. The zero-order chi connectivity index (χ0) is 22.6. The Labute approximate surface area is 206 Å². The second kappa shape index (κ2) is 7.58. The van der Waals surface area contributed by atoms with Gasteiger partial charge in [0.25, 0.3) is 0 Å². The van der Waals surface area contributed by atoms with Gasteiger partial charge in [-0.15, -0.1) is 0 Å². The molecule has 6 aromatic carbocycles. The van der Waals surface area contributed by atoms with Crippen molar-refractivity contribution in [2.75, 3.05) is 0 Å². The molecule has 0 fully saturated rings. The molecule has 0 N–H and O–H groups in total. The Morgan fingerprint density at radius 1 is 0.412 bits per heavy atom. The van der Waals surface area contributed by atoms with Crippen molar-refractivity contribution in [3.8, 4) is 16.8 Å². The fourth-order valence-electron chi connectivity index (χ4n) is 5.36. The molecule has 0 aliphatic heterocycles. The summed E-state index contributed by atoms with van der Waals surface area (Å²) in [7, 11) is 0. The van der Waals surface area contributed by atoms with E-state index in [1.807, 2.05) is 0 Å². The second-order valence-corrected chi connectivity index (χ2v) is 9.49. The molecule has 7 aromatic rings. The molecule has 0 atom stereocenters. The lowest BCUT2D eigenvalue weighted by molar-refractivity contribution is 1.18. The number of rotatable bonds is 2. The van der Waals surface area contributed by atoms with Crippen LogP contribution in [0, 0.1) is 0 Å². The van der Waals surface area contributed by atoms with Gasteiger partial charge < -0.3 is 4.57 Å². The van der Waals surface area contributed by atoms with Gasteiger partial charge in [0.15, 0.2) is 0 Å². The molecule has 0 spiro atoms. The molecule has 0 unspecified atom stereocenters. The summed E-state index contributed by atoms with van der Waals surface area (Å²) in [5, 5.41) is 7.57. The largest absolute Gasteiger partial charge is 0.309 e. The van der Waals surface area contributed by atoms with Crippen LogP contribution in [-0.2, 0) is 0 Å². The van der Waals surface area contributed by atoms with Gasteiger partial charge in [0, 0.05) is 20.9 Å². The maximum atomic E-state index is 3.87. The third-order valence-corrected chi connectivity index (χ3v) is 7.71. The summed E-state index contributed by atoms with van der Waals surface area (Å²) in [5.74, 6) is 0. The summed E-state index contributed by atoms with van der Waals surface area (Å²) in [4.78, 5) is 0. The monoisotopic (exact) mass is 497 g/mol. The molecule has 0 radical (unpaired) electrons. The fraction of sp³-hybridized carbons (Fsp3) is 0. The van der Waals surface area contributed by atoms with Gasteiger partial charge in [-0.2, -0.15) is 0 Å². The molecule has 160 valence electrons. The molecule has 0 amide bonds. The van der Waals surface area contributed by atoms with Crippen LogP contribution in [0.15, 0.2) is 126 Å². The first kappa shape index (κ1) is 19.6. The van der Waals surface area contributed by atoms with Crippen molar-refractivity contribution >= 4 is 59.3 Å². The molecule has 2 heteroatoms. The van der Waals surface area contributed by atoms with Gasteiger partial charge in [-0.05, 0) is 72.9 Å². The zero-order valence-electron chi connectivity index (χ0n) is 18.4. The third-order valence-electron chi connectivity index (χ3n) is 6.86. The summed E-state index contributed by atoms with van der Waals surface area (Å²) < 4.78 is 3.52. The van der Waals surface area contributed by atoms with Crippen molar-refractivity contribution in [3.05, 3.63) is 126 Å². The summed E-state index contributed by atoms with van der Waals surface area (Å²) in [5.41, 5.74) is 6.14. The van der Waals surface area contributed by atoms with Crippen LogP contribution in [0.1, 0.15) is 0 Å². The minimum absolute atomic E-state index is 1.16. The van der Waals surface area contributed by atoms with Crippen molar-refractivity contribution in [1.29, 1.82) is 0 Å². The SMILES string of the molecule is Brc1c2ccccc2c(-c2ccc(-n3c4ccccc4c4ccccc43)cc2)c2ccccc12. The molecule has 0 bridgehead atoms. The van der Waals surface area contributed by atoms with Crippen LogP contribution in [0.2, 0.25) is 0 Å². The van der Waals surface area contributed by atoms with E-state index in [4.69, 9.17) is 0 Å². The first-order valence-electron chi connectivity index (χ1n) is 11.5. The number of nitrogens with zero attached hydrogens (tertiary/aromatic N) is 1. The Morgan fingerprint density at radius 3 is 1.32 bits per heavy atom. The van der Waals surface area contributed by atoms with Crippen LogP contribution in [0.3, 0.4) is 0 Å². The summed E-state index contributed by atoms with van der Waals surface area (Å²) in [6.45, 7) is 0. The van der Waals surface area contributed by atoms with Crippen molar-refractivity contribution < 1.29 is 0 Å². The van der Waals surface area contributed by atoms with Gasteiger partial charge in [-0.25, -0.2) is 0 Å². The predicted molar refractivity (Wildman–Crippen MR) is 149 cm³/mol. The van der Waals surface area contributed by atoms with Gasteiger partial charge in [0.05, 0.1) is 11.0 Å². The van der Waals surface area contributed by atoms with Gasteiger partial charge in [-0.1, -0.05) is 97.1 Å². The van der Waals surface area contributed by atoms with Crippen LogP contribution in [-0.4, -0.2) is 4.57 Å². The number of hydrogen-bond donors (Lipinski definition) is 0. The molecule has 34 heavy (non-hydrogen) atoms. The highest BCUT2D eigenvalue weighted by molar-refractivity contribution is 9.10. The Kier molecular flexibility index (Phi) is 4.36. The molecule has 0 aliphatic rings.